The van der Waals surface area contributed by atoms with Gasteiger partial charge >= 0.3 is 5.97 Å². The fraction of sp³-hybridized carbons (Fsp3) is 0.818. The minimum Gasteiger partial charge on any atom is -0.480 e. The van der Waals surface area contributed by atoms with Gasteiger partial charge in [0.1, 0.15) is 6.04 Å². The third kappa shape index (κ3) is 2.46. The molecule has 3 unspecified atom stereocenters. The smallest absolute Gasteiger partial charge is 0.327 e. The lowest BCUT2D eigenvalue weighted by molar-refractivity contribution is -0.151. The van der Waals surface area contributed by atoms with Gasteiger partial charge in [-0.1, -0.05) is 0 Å². The monoisotopic (exact) mass is 279 g/mol. The molecule has 7 heteroatoms. The molecule has 0 aromatic carbocycles. The summed E-state index contributed by atoms with van der Waals surface area (Å²) in [4.78, 5) is 24.5. The largest absolute Gasteiger partial charge is 0.480 e. The number of thioether (sulfide) groups is 1. The lowest BCUT2D eigenvalue weighted by Gasteiger charge is -2.27. The molecule has 1 saturated carbocycles. The number of carbonyl (C=O) groups excluding carboxylic acids is 1. The van der Waals surface area contributed by atoms with Crippen LogP contribution < -0.4 is 0 Å². The Labute approximate surface area is 108 Å². The Kier molecular flexibility index (Phi) is 3.53. The summed E-state index contributed by atoms with van der Waals surface area (Å²) < 4.78 is 26.2. The van der Waals surface area contributed by atoms with E-state index in [0.717, 1.165) is 0 Å². The number of aliphatic carboxylic acids is 1. The maximum Gasteiger partial charge on any atom is 0.327 e. The third-order valence-electron chi connectivity index (χ3n) is 3.52. The topological polar surface area (TPSA) is 57.6 Å². The number of halogens is 2. The van der Waals surface area contributed by atoms with Gasteiger partial charge in [0.2, 0.25) is 11.8 Å². The SMILES string of the molecule is CC1SCC(C(=O)O)N1C(=O)C1CCC(F)(F)C1. The quantitative estimate of drug-likeness (QED) is 0.837. The number of hydrogen-bond acceptors (Lipinski definition) is 3. The predicted molar refractivity (Wildman–Crippen MR) is 62.5 cm³/mol. The molecule has 102 valence electrons. The zero-order valence-electron chi connectivity index (χ0n) is 9.94. The molecule has 2 aliphatic rings. The number of carboxylic acids is 1. The second kappa shape index (κ2) is 4.68. The molecule has 3 atom stereocenters. The fourth-order valence-electron chi connectivity index (χ4n) is 2.54. The number of alkyl halides is 2. The summed E-state index contributed by atoms with van der Waals surface area (Å²) in [5, 5.41) is 8.78. The average Bonchev–Trinajstić information content (AvgIpc) is 2.80. The van der Waals surface area contributed by atoms with Crippen LogP contribution in [0, 0.1) is 5.92 Å². The minimum atomic E-state index is -2.78. The number of hydrogen-bond donors (Lipinski definition) is 1. The summed E-state index contributed by atoms with van der Waals surface area (Å²) in [5.41, 5.74) is 0. The molecule has 1 aliphatic carbocycles. The van der Waals surface area contributed by atoms with Crippen LogP contribution in [-0.2, 0) is 9.59 Å². The first-order chi connectivity index (χ1) is 8.32. The number of amides is 1. The maximum atomic E-state index is 13.1. The van der Waals surface area contributed by atoms with Crippen molar-refractivity contribution in [3.05, 3.63) is 0 Å². The normalized spacial score (nSPS) is 34.8. The summed E-state index contributed by atoms with van der Waals surface area (Å²) >= 11 is 1.37. The van der Waals surface area contributed by atoms with E-state index in [1.165, 1.54) is 16.7 Å². The van der Waals surface area contributed by atoms with E-state index in [-0.39, 0.29) is 18.2 Å². The predicted octanol–water partition coefficient (Wildman–Crippen LogP) is 1.80. The molecule has 0 radical (unpaired) electrons. The summed E-state index contributed by atoms with van der Waals surface area (Å²) in [6, 6.07) is -0.883. The van der Waals surface area contributed by atoms with Crippen LogP contribution >= 0.6 is 11.8 Å². The van der Waals surface area contributed by atoms with Crippen LogP contribution in [0.15, 0.2) is 0 Å². The zero-order valence-corrected chi connectivity index (χ0v) is 10.8. The minimum absolute atomic E-state index is 0.145. The highest BCUT2D eigenvalue weighted by Crippen LogP contribution is 2.41. The van der Waals surface area contributed by atoms with Crippen molar-refractivity contribution < 1.29 is 23.5 Å². The summed E-state index contributed by atoms with van der Waals surface area (Å²) in [7, 11) is 0. The van der Waals surface area contributed by atoms with Crippen molar-refractivity contribution in [2.75, 3.05) is 5.75 Å². The van der Waals surface area contributed by atoms with Crippen LogP contribution in [0.25, 0.3) is 0 Å². The van der Waals surface area contributed by atoms with Gasteiger partial charge in [0.05, 0.1) is 5.37 Å². The maximum absolute atomic E-state index is 13.1. The molecule has 1 saturated heterocycles. The van der Waals surface area contributed by atoms with Crippen molar-refractivity contribution in [3.63, 3.8) is 0 Å². The highest BCUT2D eigenvalue weighted by atomic mass is 32.2. The van der Waals surface area contributed by atoms with Crippen molar-refractivity contribution in [2.45, 2.75) is 43.5 Å². The lowest BCUT2D eigenvalue weighted by Crippen LogP contribution is -2.47. The highest BCUT2D eigenvalue weighted by molar-refractivity contribution is 8.00. The van der Waals surface area contributed by atoms with E-state index >= 15 is 0 Å². The van der Waals surface area contributed by atoms with Crippen LogP contribution in [0.1, 0.15) is 26.2 Å². The average molecular weight is 279 g/mol. The number of carbonyl (C=O) groups is 2. The van der Waals surface area contributed by atoms with Crippen molar-refractivity contribution in [1.82, 2.24) is 4.90 Å². The fourth-order valence-corrected chi connectivity index (χ4v) is 3.71. The van der Waals surface area contributed by atoms with E-state index in [4.69, 9.17) is 5.11 Å². The van der Waals surface area contributed by atoms with Gasteiger partial charge in [0, 0.05) is 24.5 Å². The Morgan fingerprint density at radius 1 is 1.44 bits per heavy atom. The summed E-state index contributed by atoms with van der Waals surface area (Å²) in [5.74, 6) is -4.69. The second-order valence-electron chi connectivity index (χ2n) is 4.83. The van der Waals surface area contributed by atoms with Crippen molar-refractivity contribution in [2.24, 2.45) is 5.92 Å². The van der Waals surface area contributed by atoms with Gasteiger partial charge in [-0.15, -0.1) is 11.8 Å². The van der Waals surface area contributed by atoms with Gasteiger partial charge < -0.3 is 10.0 Å². The third-order valence-corrected chi connectivity index (χ3v) is 4.73. The zero-order chi connectivity index (χ0) is 13.5. The molecule has 1 amide bonds. The Morgan fingerprint density at radius 3 is 2.61 bits per heavy atom. The van der Waals surface area contributed by atoms with E-state index in [1.807, 2.05) is 0 Å². The second-order valence-corrected chi connectivity index (χ2v) is 6.18. The summed E-state index contributed by atoms with van der Waals surface area (Å²) in [6.45, 7) is 1.73. The molecular formula is C11H15F2NO3S. The van der Waals surface area contributed by atoms with Crippen molar-refractivity contribution in [3.8, 4) is 0 Å². The Morgan fingerprint density at radius 2 is 2.11 bits per heavy atom. The Balaban J connectivity index is 2.10. The molecule has 0 aromatic heterocycles. The van der Waals surface area contributed by atoms with Crippen LogP contribution in [0.4, 0.5) is 8.78 Å². The number of rotatable bonds is 2. The molecule has 0 bridgehead atoms. The van der Waals surface area contributed by atoms with Gasteiger partial charge in [-0.2, -0.15) is 0 Å². The standard InChI is InChI=1S/C11H15F2NO3S/c1-6-14(8(5-18-6)10(16)17)9(15)7-2-3-11(12,13)4-7/h6-8H,2-5H2,1H3,(H,16,17). The first kappa shape index (κ1) is 13.6. The molecule has 2 fully saturated rings. The highest BCUT2D eigenvalue weighted by Gasteiger charge is 2.48. The van der Waals surface area contributed by atoms with Crippen LogP contribution in [0.2, 0.25) is 0 Å². The van der Waals surface area contributed by atoms with E-state index in [1.54, 1.807) is 6.92 Å². The van der Waals surface area contributed by atoms with Crippen molar-refractivity contribution >= 4 is 23.6 Å². The Hall–Kier alpha value is -0.850. The van der Waals surface area contributed by atoms with E-state index < -0.39 is 36.2 Å². The molecule has 1 N–H and O–H groups in total. The van der Waals surface area contributed by atoms with Crippen LogP contribution in [0.5, 0.6) is 0 Å². The number of nitrogens with zero attached hydrogens (tertiary/aromatic N) is 1. The molecule has 4 nitrogen and oxygen atoms in total. The van der Waals surface area contributed by atoms with Gasteiger partial charge in [0.25, 0.3) is 0 Å². The van der Waals surface area contributed by atoms with E-state index in [2.05, 4.69) is 0 Å². The van der Waals surface area contributed by atoms with Gasteiger partial charge in [-0.25, -0.2) is 13.6 Å². The van der Waals surface area contributed by atoms with Crippen LogP contribution in [-0.4, -0.2) is 45.0 Å². The molecular weight excluding hydrogens is 264 g/mol. The van der Waals surface area contributed by atoms with Gasteiger partial charge in [0.15, 0.2) is 0 Å². The molecule has 0 spiro atoms. The van der Waals surface area contributed by atoms with Crippen LogP contribution in [0.3, 0.4) is 0 Å². The molecule has 1 aliphatic heterocycles. The molecule has 1 heterocycles. The first-order valence-corrected chi connectivity index (χ1v) is 6.91. The summed E-state index contributed by atoms with van der Waals surface area (Å²) in [6.07, 6.45) is -0.589. The Bertz CT molecular complexity index is 377. The van der Waals surface area contributed by atoms with Gasteiger partial charge in [-0.3, -0.25) is 4.79 Å². The number of carboxylic acid groups (broad SMARTS) is 1. The van der Waals surface area contributed by atoms with E-state index in [0.29, 0.717) is 5.75 Å². The van der Waals surface area contributed by atoms with E-state index in [9.17, 15) is 18.4 Å². The van der Waals surface area contributed by atoms with Crippen molar-refractivity contribution in [1.29, 1.82) is 0 Å². The molecule has 2 rings (SSSR count). The van der Waals surface area contributed by atoms with Gasteiger partial charge in [-0.05, 0) is 13.3 Å². The first-order valence-electron chi connectivity index (χ1n) is 5.86. The molecule has 18 heavy (non-hydrogen) atoms. The lowest BCUT2D eigenvalue weighted by atomic mass is 10.1. The molecule has 0 aromatic rings.